The Hall–Kier alpha value is -0.640. The van der Waals surface area contributed by atoms with Crippen LogP contribution in [-0.2, 0) is 4.79 Å². The second-order valence-corrected chi connectivity index (χ2v) is 5.81. The molecule has 0 aromatic rings. The van der Waals surface area contributed by atoms with E-state index >= 15 is 0 Å². The lowest BCUT2D eigenvalue weighted by Crippen LogP contribution is -2.42. The normalized spacial score (nSPS) is 17.1. The monoisotopic (exact) mass is 256 g/mol. The third-order valence-corrected chi connectivity index (χ3v) is 3.59. The highest BCUT2D eigenvalue weighted by Gasteiger charge is 2.22. The Balaban J connectivity index is 2.49. The fraction of sp³-hybridized carbons (Fsp3) is 0.846. The number of hydrogen-bond acceptors (Lipinski definition) is 2. The van der Waals surface area contributed by atoms with Crippen molar-refractivity contribution >= 4 is 23.1 Å². The fourth-order valence-corrected chi connectivity index (χ4v) is 2.62. The highest BCUT2D eigenvalue weighted by atomic mass is 32.1. The van der Waals surface area contributed by atoms with E-state index in [2.05, 4.69) is 0 Å². The highest BCUT2D eigenvalue weighted by Crippen LogP contribution is 2.27. The fourth-order valence-electron chi connectivity index (χ4n) is 2.48. The van der Waals surface area contributed by atoms with E-state index in [1.54, 1.807) is 4.90 Å². The summed E-state index contributed by atoms with van der Waals surface area (Å²) in [6, 6.07) is 0.174. The van der Waals surface area contributed by atoms with Crippen molar-refractivity contribution < 1.29 is 4.79 Å². The summed E-state index contributed by atoms with van der Waals surface area (Å²) in [7, 11) is 0. The minimum Gasteiger partial charge on any atom is -0.392 e. The number of carbonyl (C=O) groups is 1. The largest absolute Gasteiger partial charge is 0.392 e. The van der Waals surface area contributed by atoms with Crippen molar-refractivity contribution in [2.75, 3.05) is 6.54 Å². The van der Waals surface area contributed by atoms with E-state index in [1.165, 1.54) is 32.1 Å². The number of rotatable bonds is 5. The van der Waals surface area contributed by atoms with Gasteiger partial charge < -0.3 is 10.6 Å². The van der Waals surface area contributed by atoms with Crippen LogP contribution in [0.3, 0.4) is 0 Å². The smallest absolute Gasteiger partial charge is 0.223 e. The number of carbonyl (C=O) groups excluding carboxylic acids is 1. The molecule has 4 heteroatoms. The molecule has 2 N–H and O–H groups in total. The molecule has 98 valence electrons. The van der Waals surface area contributed by atoms with Gasteiger partial charge in [-0.3, -0.25) is 4.79 Å². The maximum Gasteiger partial charge on any atom is 0.223 e. The lowest BCUT2D eigenvalue weighted by Gasteiger charge is -2.29. The minimum absolute atomic E-state index is 0.174. The van der Waals surface area contributed by atoms with Crippen molar-refractivity contribution in [2.45, 2.75) is 58.4 Å². The van der Waals surface area contributed by atoms with Crippen molar-refractivity contribution in [2.24, 2.45) is 11.7 Å². The molecule has 0 unspecified atom stereocenters. The van der Waals surface area contributed by atoms with E-state index in [9.17, 15) is 4.79 Å². The maximum absolute atomic E-state index is 12.2. The molecule has 0 radical (unpaired) electrons. The molecular formula is C13H24N2OS. The van der Waals surface area contributed by atoms with Gasteiger partial charge in [-0.1, -0.05) is 31.5 Å². The third kappa shape index (κ3) is 5.02. The summed E-state index contributed by atoms with van der Waals surface area (Å²) < 4.78 is 0. The maximum atomic E-state index is 12.2. The molecule has 3 nitrogen and oxygen atoms in total. The SMILES string of the molecule is CC(C)N(CC(N)=S)C(=O)CC1CCCCC1. The van der Waals surface area contributed by atoms with Gasteiger partial charge in [0, 0.05) is 12.5 Å². The van der Waals surface area contributed by atoms with E-state index in [4.69, 9.17) is 18.0 Å². The molecule has 1 saturated carbocycles. The average Bonchev–Trinajstić information content (AvgIpc) is 2.26. The average molecular weight is 256 g/mol. The summed E-state index contributed by atoms with van der Waals surface area (Å²) in [4.78, 5) is 14.4. The van der Waals surface area contributed by atoms with Crippen LogP contribution in [0, 0.1) is 5.92 Å². The van der Waals surface area contributed by atoms with E-state index < -0.39 is 0 Å². The molecule has 0 aliphatic heterocycles. The highest BCUT2D eigenvalue weighted by molar-refractivity contribution is 7.80. The van der Waals surface area contributed by atoms with Gasteiger partial charge in [-0.25, -0.2) is 0 Å². The van der Waals surface area contributed by atoms with Crippen LogP contribution in [-0.4, -0.2) is 28.4 Å². The number of nitrogens with zero attached hydrogens (tertiary/aromatic N) is 1. The molecule has 1 rings (SSSR count). The van der Waals surface area contributed by atoms with E-state index in [-0.39, 0.29) is 11.9 Å². The van der Waals surface area contributed by atoms with Crippen LogP contribution in [0.1, 0.15) is 52.4 Å². The standard InChI is InChI=1S/C13H24N2OS/c1-10(2)15(9-12(14)17)13(16)8-11-6-4-3-5-7-11/h10-11H,3-9H2,1-2H3,(H2,14,17). The minimum atomic E-state index is 0.174. The van der Waals surface area contributed by atoms with E-state index in [0.717, 1.165) is 0 Å². The van der Waals surface area contributed by atoms with Gasteiger partial charge in [-0.15, -0.1) is 0 Å². The zero-order valence-corrected chi connectivity index (χ0v) is 11.8. The van der Waals surface area contributed by atoms with Crippen LogP contribution in [0.4, 0.5) is 0 Å². The Morgan fingerprint density at radius 1 is 1.35 bits per heavy atom. The van der Waals surface area contributed by atoms with E-state index in [1.807, 2.05) is 13.8 Å². The molecule has 0 heterocycles. The molecule has 0 bridgehead atoms. The van der Waals surface area contributed by atoms with Gasteiger partial charge in [0.25, 0.3) is 0 Å². The van der Waals surface area contributed by atoms with Crippen LogP contribution in [0.5, 0.6) is 0 Å². The number of nitrogens with two attached hydrogens (primary N) is 1. The Morgan fingerprint density at radius 3 is 2.41 bits per heavy atom. The Morgan fingerprint density at radius 2 is 1.94 bits per heavy atom. The zero-order chi connectivity index (χ0) is 12.8. The summed E-state index contributed by atoms with van der Waals surface area (Å²) in [5, 5.41) is 0. The van der Waals surface area contributed by atoms with Crippen molar-refractivity contribution in [3.8, 4) is 0 Å². The first-order valence-electron chi connectivity index (χ1n) is 6.58. The van der Waals surface area contributed by atoms with Crippen LogP contribution >= 0.6 is 12.2 Å². The van der Waals surface area contributed by atoms with Gasteiger partial charge in [-0.05, 0) is 32.6 Å². The summed E-state index contributed by atoms with van der Waals surface area (Å²) in [6.07, 6.45) is 6.94. The van der Waals surface area contributed by atoms with E-state index in [0.29, 0.717) is 23.9 Å². The van der Waals surface area contributed by atoms with Gasteiger partial charge in [-0.2, -0.15) is 0 Å². The molecule has 1 amide bonds. The molecule has 17 heavy (non-hydrogen) atoms. The lowest BCUT2D eigenvalue weighted by molar-refractivity contribution is -0.133. The van der Waals surface area contributed by atoms with Crippen molar-refractivity contribution in [1.82, 2.24) is 4.90 Å². The van der Waals surface area contributed by atoms with Crippen LogP contribution < -0.4 is 5.73 Å². The quantitative estimate of drug-likeness (QED) is 0.769. The second kappa shape index (κ2) is 6.94. The molecule has 1 fully saturated rings. The molecular weight excluding hydrogens is 232 g/mol. The Bertz CT molecular complexity index is 273. The van der Waals surface area contributed by atoms with Gasteiger partial charge in [0.05, 0.1) is 11.5 Å². The third-order valence-electron chi connectivity index (χ3n) is 3.46. The molecule has 0 saturated heterocycles. The van der Waals surface area contributed by atoms with Gasteiger partial charge >= 0.3 is 0 Å². The topological polar surface area (TPSA) is 46.3 Å². The predicted octanol–water partition coefficient (Wildman–Crippen LogP) is 2.48. The van der Waals surface area contributed by atoms with Gasteiger partial charge in [0.1, 0.15) is 0 Å². The summed E-state index contributed by atoms with van der Waals surface area (Å²) in [5.74, 6) is 0.781. The first-order valence-corrected chi connectivity index (χ1v) is 6.99. The molecule has 0 atom stereocenters. The van der Waals surface area contributed by atoms with Crippen molar-refractivity contribution in [3.05, 3.63) is 0 Å². The molecule has 0 spiro atoms. The first kappa shape index (κ1) is 14.4. The van der Waals surface area contributed by atoms with Crippen LogP contribution in [0.15, 0.2) is 0 Å². The first-order chi connectivity index (χ1) is 8.00. The summed E-state index contributed by atoms with van der Waals surface area (Å²) >= 11 is 4.90. The summed E-state index contributed by atoms with van der Waals surface area (Å²) in [6.45, 7) is 4.44. The van der Waals surface area contributed by atoms with Crippen LogP contribution in [0.2, 0.25) is 0 Å². The van der Waals surface area contributed by atoms with Crippen LogP contribution in [0.25, 0.3) is 0 Å². The zero-order valence-electron chi connectivity index (χ0n) is 10.9. The Labute approximate surface area is 110 Å². The summed E-state index contributed by atoms with van der Waals surface area (Å²) in [5.41, 5.74) is 5.54. The van der Waals surface area contributed by atoms with Crippen molar-refractivity contribution in [3.63, 3.8) is 0 Å². The second-order valence-electron chi connectivity index (χ2n) is 5.29. The number of hydrogen-bond donors (Lipinski definition) is 1. The van der Waals surface area contributed by atoms with Gasteiger partial charge in [0.2, 0.25) is 5.91 Å². The number of amides is 1. The Kier molecular flexibility index (Phi) is 5.89. The molecule has 1 aliphatic rings. The molecule has 0 aromatic heterocycles. The van der Waals surface area contributed by atoms with Crippen molar-refractivity contribution in [1.29, 1.82) is 0 Å². The predicted molar refractivity (Wildman–Crippen MR) is 74.8 cm³/mol. The molecule has 1 aliphatic carbocycles. The lowest BCUT2D eigenvalue weighted by atomic mass is 9.86. The molecule has 0 aromatic carbocycles. The van der Waals surface area contributed by atoms with Gasteiger partial charge in [0.15, 0.2) is 0 Å². The number of thiocarbonyl (C=S) groups is 1.